The predicted octanol–water partition coefficient (Wildman–Crippen LogP) is -0.336. The van der Waals surface area contributed by atoms with Crippen molar-refractivity contribution in [3.8, 4) is 5.75 Å². The van der Waals surface area contributed by atoms with Gasteiger partial charge in [0, 0.05) is 30.9 Å². The Hall–Kier alpha value is -2.31. The fourth-order valence-electron chi connectivity index (χ4n) is 2.39. The van der Waals surface area contributed by atoms with Gasteiger partial charge in [0.2, 0.25) is 11.8 Å². The maximum Gasteiger partial charge on any atom is 0.274 e. The number of aromatic hydroxyl groups is 1. The van der Waals surface area contributed by atoms with Gasteiger partial charge in [0.25, 0.3) is 5.91 Å². The fourth-order valence-corrected chi connectivity index (χ4v) is 2.39. The van der Waals surface area contributed by atoms with Gasteiger partial charge in [-0.05, 0) is 13.8 Å². The summed E-state index contributed by atoms with van der Waals surface area (Å²) in [5.41, 5.74) is -0.107. The molecular formula is C13H17N3O4. The maximum atomic E-state index is 12.4. The molecule has 0 radical (unpaired) electrons. The normalized spacial score (nSPS) is 14.3. The lowest BCUT2D eigenvalue weighted by molar-refractivity contribution is -0.109. The molecule has 0 bridgehead atoms. The fraction of sp³-hybridized carbons (Fsp3) is 0.462. The van der Waals surface area contributed by atoms with Crippen LogP contribution in [0.15, 0.2) is 10.9 Å². The summed E-state index contributed by atoms with van der Waals surface area (Å²) < 4.78 is 1.59. The number of hydrogen-bond donors (Lipinski definition) is 2. The van der Waals surface area contributed by atoms with Crippen LogP contribution in [0.1, 0.15) is 30.0 Å². The average molecular weight is 279 g/mol. The molecule has 2 rings (SSSR count). The van der Waals surface area contributed by atoms with Crippen molar-refractivity contribution in [2.75, 3.05) is 6.54 Å². The highest BCUT2D eigenvalue weighted by atomic mass is 16.3. The molecule has 0 fully saturated rings. The third-order valence-corrected chi connectivity index (χ3v) is 3.39. The second kappa shape index (κ2) is 5.36. The monoisotopic (exact) mass is 279 g/mol. The predicted molar refractivity (Wildman–Crippen MR) is 71.4 cm³/mol. The van der Waals surface area contributed by atoms with Crippen LogP contribution in [-0.2, 0) is 17.9 Å². The first kappa shape index (κ1) is 14.1. The molecule has 1 aromatic heterocycles. The maximum absolute atomic E-state index is 12.4. The summed E-state index contributed by atoms with van der Waals surface area (Å²) in [4.78, 5) is 36.1. The Bertz CT molecular complexity index is 606. The standard InChI is InChI=1S/C13H17N3O4/c1-8(2)15-3-4-16-9(6-14-7-17)5-10(18)12(19)11(16)13(15)20/h5,7-8,19H,3-4,6H2,1-2H3,(H,14,17). The van der Waals surface area contributed by atoms with E-state index in [1.54, 1.807) is 9.47 Å². The van der Waals surface area contributed by atoms with E-state index in [0.29, 0.717) is 25.2 Å². The van der Waals surface area contributed by atoms with Gasteiger partial charge in [0.05, 0.1) is 6.54 Å². The summed E-state index contributed by atoms with van der Waals surface area (Å²) in [5.74, 6) is -0.899. The van der Waals surface area contributed by atoms with Gasteiger partial charge in [-0.2, -0.15) is 0 Å². The quantitative estimate of drug-likeness (QED) is 0.738. The van der Waals surface area contributed by atoms with E-state index in [1.807, 2.05) is 13.8 Å². The van der Waals surface area contributed by atoms with Crippen molar-refractivity contribution in [2.24, 2.45) is 0 Å². The highest BCUT2D eigenvalue weighted by Gasteiger charge is 2.31. The van der Waals surface area contributed by atoms with Crippen LogP contribution in [0.3, 0.4) is 0 Å². The number of pyridine rings is 1. The lowest BCUT2D eigenvalue weighted by Crippen LogP contribution is -2.46. The minimum absolute atomic E-state index is 0.000138. The van der Waals surface area contributed by atoms with Crippen molar-refractivity contribution in [1.29, 1.82) is 0 Å². The number of carbonyl (C=O) groups excluding carboxylic acids is 2. The average Bonchev–Trinajstić information content (AvgIpc) is 2.40. The van der Waals surface area contributed by atoms with E-state index in [9.17, 15) is 19.5 Å². The number of hydrogen-bond acceptors (Lipinski definition) is 4. The second-order valence-electron chi connectivity index (χ2n) is 4.94. The van der Waals surface area contributed by atoms with Crippen molar-refractivity contribution in [3.63, 3.8) is 0 Å². The van der Waals surface area contributed by atoms with Gasteiger partial charge in [-0.25, -0.2) is 0 Å². The zero-order chi connectivity index (χ0) is 14.9. The molecule has 0 spiro atoms. The third kappa shape index (κ3) is 2.26. The summed E-state index contributed by atoms with van der Waals surface area (Å²) in [5, 5.41) is 12.4. The van der Waals surface area contributed by atoms with E-state index in [0.717, 1.165) is 0 Å². The number of nitrogens with zero attached hydrogens (tertiary/aromatic N) is 2. The number of amides is 2. The molecule has 0 saturated carbocycles. The molecule has 2 amide bonds. The molecule has 7 nitrogen and oxygen atoms in total. The van der Waals surface area contributed by atoms with Gasteiger partial charge in [0.15, 0.2) is 11.4 Å². The van der Waals surface area contributed by atoms with E-state index in [-0.39, 0.29) is 24.2 Å². The van der Waals surface area contributed by atoms with Gasteiger partial charge >= 0.3 is 0 Å². The lowest BCUT2D eigenvalue weighted by Gasteiger charge is -2.34. The highest BCUT2D eigenvalue weighted by Crippen LogP contribution is 2.22. The van der Waals surface area contributed by atoms with Crippen LogP contribution in [0, 0.1) is 0 Å². The number of rotatable bonds is 4. The summed E-state index contributed by atoms with van der Waals surface area (Å²) >= 11 is 0. The molecule has 0 unspecified atom stereocenters. The van der Waals surface area contributed by atoms with E-state index in [2.05, 4.69) is 5.32 Å². The molecule has 108 valence electrons. The Balaban J connectivity index is 2.55. The first-order valence-corrected chi connectivity index (χ1v) is 6.41. The zero-order valence-corrected chi connectivity index (χ0v) is 11.4. The Morgan fingerprint density at radius 1 is 1.40 bits per heavy atom. The van der Waals surface area contributed by atoms with Crippen molar-refractivity contribution < 1.29 is 14.7 Å². The molecule has 7 heteroatoms. The number of carbonyl (C=O) groups is 2. The Morgan fingerprint density at radius 2 is 2.10 bits per heavy atom. The van der Waals surface area contributed by atoms with Gasteiger partial charge < -0.3 is 19.9 Å². The first-order valence-electron chi connectivity index (χ1n) is 6.41. The Morgan fingerprint density at radius 3 is 2.70 bits per heavy atom. The van der Waals surface area contributed by atoms with E-state index < -0.39 is 11.2 Å². The van der Waals surface area contributed by atoms with Gasteiger partial charge in [0.1, 0.15) is 0 Å². The van der Waals surface area contributed by atoms with Gasteiger partial charge in [-0.1, -0.05) is 0 Å². The minimum Gasteiger partial charge on any atom is -0.503 e. The molecule has 0 saturated heterocycles. The summed E-state index contributed by atoms with van der Waals surface area (Å²) in [6.45, 7) is 4.87. The molecule has 20 heavy (non-hydrogen) atoms. The van der Waals surface area contributed by atoms with Crippen molar-refractivity contribution in [3.05, 3.63) is 27.7 Å². The SMILES string of the molecule is CC(C)N1CCn2c(CNC=O)cc(=O)c(O)c2C1=O. The second-order valence-corrected chi connectivity index (χ2v) is 4.94. The molecule has 2 N–H and O–H groups in total. The number of fused-ring (bicyclic) bond motifs is 1. The smallest absolute Gasteiger partial charge is 0.274 e. The zero-order valence-electron chi connectivity index (χ0n) is 11.4. The lowest BCUT2D eigenvalue weighted by atomic mass is 10.1. The summed E-state index contributed by atoms with van der Waals surface area (Å²) in [6, 6.07) is 1.23. The third-order valence-electron chi connectivity index (χ3n) is 3.39. The van der Waals surface area contributed by atoms with Crippen molar-refractivity contribution in [2.45, 2.75) is 33.0 Å². The largest absolute Gasteiger partial charge is 0.503 e. The summed E-state index contributed by atoms with van der Waals surface area (Å²) in [6.07, 6.45) is 0.523. The first-order chi connectivity index (χ1) is 9.47. The summed E-state index contributed by atoms with van der Waals surface area (Å²) in [7, 11) is 0. The molecule has 0 atom stereocenters. The molecule has 0 aliphatic carbocycles. The molecule has 1 aromatic rings. The van der Waals surface area contributed by atoms with Crippen LogP contribution in [0.2, 0.25) is 0 Å². The molecular weight excluding hydrogens is 262 g/mol. The van der Waals surface area contributed by atoms with Crippen LogP contribution < -0.4 is 10.7 Å². The highest BCUT2D eigenvalue weighted by molar-refractivity contribution is 5.96. The Kier molecular flexibility index (Phi) is 3.78. The van der Waals surface area contributed by atoms with E-state index in [4.69, 9.17) is 0 Å². The molecule has 2 heterocycles. The van der Waals surface area contributed by atoms with Crippen LogP contribution in [-0.4, -0.2) is 39.5 Å². The molecule has 0 aromatic carbocycles. The molecule has 1 aliphatic rings. The van der Waals surface area contributed by atoms with Crippen LogP contribution in [0.4, 0.5) is 0 Å². The topological polar surface area (TPSA) is 91.6 Å². The minimum atomic E-state index is -0.613. The van der Waals surface area contributed by atoms with Crippen molar-refractivity contribution in [1.82, 2.24) is 14.8 Å². The van der Waals surface area contributed by atoms with Crippen LogP contribution >= 0.6 is 0 Å². The molecule has 1 aliphatic heterocycles. The van der Waals surface area contributed by atoms with Gasteiger partial charge in [-0.15, -0.1) is 0 Å². The Labute approximate surface area is 115 Å². The van der Waals surface area contributed by atoms with Crippen LogP contribution in [0.5, 0.6) is 5.75 Å². The van der Waals surface area contributed by atoms with Crippen molar-refractivity contribution >= 4 is 12.3 Å². The van der Waals surface area contributed by atoms with Crippen LogP contribution in [0.25, 0.3) is 0 Å². The van der Waals surface area contributed by atoms with E-state index >= 15 is 0 Å². The van der Waals surface area contributed by atoms with Gasteiger partial charge in [-0.3, -0.25) is 14.4 Å². The number of nitrogens with one attached hydrogen (secondary N) is 1. The number of aromatic nitrogens is 1. The van der Waals surface area contributed by atoms with E-state index in [1.165, 1.54) is 6.07 Å².